The lowest BCUT2D eigenvalue weighted by Crippen LogP contribution is -2.52. The van der Waals surface area contributed by atoms with E-state index in [9.17, 15) is 14.4 Å². The number of H-pyrrole nitrogens is 1. The number of amides is 2. The van der Waals surface area contributed by atoms with E-state index < -0.39 is 11.7 Å². The van der Waals surface area contributed by atoms with Gasteiger partial charge in [-0.3, -0.25) is 19.4 Å². The maximum Gasteiger partial charge on any atom is 0.295 e. The third-order valence-electron chi connectivity index (χ3n) is 5.52. The molecule has 5 rings (SSSR count). The number of hydrogen-bond acceptors (Lipinski definition) is 6. The van der Waals surface area contributed by atoms with Crippen LogP contribution in [0, 0.1) is 0 Å². The van der Waals surface area contributed by atoms with Crippen molar-refractivity contribution >= 4 is 28.6 Å². The Bertz CT molecular complexity index is 1290. The highest BCUT2D eigenvalue weighted by molar-refractivity contribution is 6.44. The highest BCUT2D eigenvalue weighted by Crippen LogP contribution is 2.23. The van der Waals surface area contributed by atoms with Crippen molar-refractivity contribution in [2.24, 2.45) is 0 Å². The first-order valence-corrected chi connectivity index (χ1v) is 10.1. The fourth-order valence-electron chi connectivity index (χ4n) is 3.84. The number of aromatic nitrogens is 5. The van der Waals surface area contributed by atoms with Gasteiger partial charge in [0.1, 0.15) is 18.2 Å². The van der Waals surface area contributed by atoms with Gasteiger partial charge in [-0.25, -0.2) is 9.67 Å². The van der Waals surface area contributed by atoms with Crippen molar-refractivity contribution in [3.05, 3.63) is 72.6 Å². The van der Waals surface area contributed by atoms with E-state index in [1.807, 2.05) is 18.2 Å². The van der Waals surface area contributed by atoms with E-state index in [1.54, 1.807) is 40.3 Å². The molecule has 1 aliphatic heterocycles. The first kappa shape index (κ1) is 19.6. The van der Waals surface area contributed by atoms with Crippen molar-refractivity contribution in [2.45, 2.75) is 0 Å². The van der Waals surface area contributed by atoms with E-state index in [4.69, 9.17) is 0 Å². The molecule has 0 saturated carbocycles. The molecule has 0 bridgehead atoms. The van der Waals surface area contributed by atoms with Crippen LogP contribution in [-0.2, 0) is 4.79 Å². The molecular weight excluding hydrogens is 410 g/mol. The van der Waals surface area contributed by atoms with Gasteiger partial charge in [-0.2, -0.15) is 5.10 Å². The van der Waals surface area contributed by atoms with Gasteiger partial charge in [0.25, 0.3) is 17.6 Å². The highest BCUT2D eigenvalue weighted by Gasteiger charge is 2.30. The molecule has 10 nitrogen and oxygen atoms in total. The second-order valence-corrected chi connectivity index (χ2v) is 7.38. The summed E-state index contributed by atoms with van der Waals surface area (Å²) in [6.45, 7) is 1.33. The Morgan fingerprint density at radius 3 is 2.41 bits per heavy atom. The van der Waals surface area contributed by atoms with Crippen LogP contribution in [0.15, 0.2) is 61.4 Å². The number of ketones is 1. The number of piperazine rings is 1. The smallest absolute Gasteiger partial charge is 0.295 e. The molecule has 160 valence electrons. The molecule has 0 spiro atoms. The van der Waals surface area contributed by atoms with E-state index in [-0.39, 0.29) is 11.5 Å². The van der Waals surface area contributed by atoms with Gasteiger partial charge in [0.2, 0.25) is 0 Å². The van der Waals surface area contributed by atoms with Crippen LogP contribution in [0.5, 0.6) is 0 Å². The van der Waals surface area contributed by atoms with Gasteiger partial charge >= 0.3 is 0 Å². The summed E-state index contributed by atoms with van der Waals surface area (Å²) in [5.74, 6) is -1.32. The number of hydrogen-bond donors (Lipinski definition) is 1. The summed E-state index contributed by atoms with van der Waals surface area (Å²) in [4.78, 5) is 52.9. The number of nitrogens with one attached hydrogen (secondary N) is 1. The Balaban J connectivity index is 1.31. The topological polar surface area (TPSA) is 117 Å². The number of pyridine rings is 1. The quantitative estimate of drug-likeness (QED) is 0.386. The van der Waals surface area contributed by atoms with Crippen LogP contribution >= 0.6 is 0 Å². The van der Waals surface area contributed by atoms with Crippen LogP contribution in [0.3, 0.4) is 0 Å². The fraction of sp³-hybridized carbons (Fsp3) is 0.182. The van der Waals surface area contributed by atoms with Crippen LogP contribution in [0.1, 0.15) is 20.7 Å². The second kappa shape index (κ2) is 8.06. The van der Waals surface area contributed by atoms with Crippen molar-refractivity contribution in [2.75, 3.05) is 26.2 Å². The van der Waals surface area contributed by atoms with E-state index in [0.29, 0.717) is 48.5 Å². The highest BCUT2D eigenvalue weighted by atomic mass is 16.2. The molecule has 1 aliphatic rings. The minimum Gasteiger partial charge on any atom is -0.357 e. The molecule has 1 saturated heterocycles. The third-order valence-corrected chi connectivity index (χ3v) is 5.52. The number of benzene rings is 1. The number of aromatic amines is 1. The third kappa shape index (κ3) is 3.41. The maximum atomic E-state index is 13.0. The van der Waals surface area contributed by atoms with E-state index in [0.717, 1.165) is 0 Å². The zero-order valence-electron chi connectivity index (χ0n) is 17.0. The molecule has 4 aromatic rings. The molecule has 1 aromatic carbocycles. The number of carbonyl (C=O) groups excluding carboxylic acids is 3. The fourth-order valence-corrected chi connectivity index (χ4v) is 3.84. The predicted molar refractivity (Wildman–Crippen MR) is 114 cm³/mol. The lowest BCUT2D eigenvalue weighted by Gasteiger charge is -2.34. The summed E-state index contributed by atoms with van der Waals surface area (Å²) < 4.78 is 1.56. The largest absolute Gasteiger partial charge is 0.357 e. The van der Waals surface area contributed by atoms with Gasteiger partial charge in [-0.05, 0) is 18.2 Å². The summed E-state index contributed by atoms with van der Waals surface area (Å²) in [5, 5.41) is 4.11. The molecule has 0 aliphatic carbocycles. The number of nitrogens with zero attached hydrogens (tertiary/aromatic N) is 6. The monoisotopic (exact) mass is 429 g/mol. The van der Waals surface area contributed by atoms with Crippen molar-refractivity contribution < 1.29 is 14.4 Å². The summed E-state index contributed by atoms with van der Waals surface area (Å²) in [5.41, 5.74) is 2.47. The van der Waals surface area contributed by atoms with Crippen molar-refractivity contribution in [3.8, 4) is 5.69 Å². The molecule has 0 radical (unpaired) electrons. The van der Waals surface area contributed by atoms with E-state index in [1.165, 1.54) is 17.4 Å². The van der Waals surface area contributed by atoms with Crippen LogP contribution in [0.25, 0.3) is 16.7 Å². The van der Waals surface area contributed by atoms with Gasteiger partial charge in [0.15, 0.2) is 0 Å². The summed E-state index contributed by atoms with van der Waals surface area (Å²) in [6, 6.07) is 10.8. The molecule has 1 fully saturated rings. The van der Waals surface area contributed by atoms with Crippen LogP contribution in [0.4, 0.5) is 0 Å². The van der Waals surface area contributed by atoms with Crippen molar-refractivity contribution in [1.82, 2.24) is 34.5 Å². The summed E-state index contributed by atoms with van der Waals surface area (Å²) in [6.07, 6.45) is 6.00. The van der Waals surface area contributed by atoms with Crippen LogP contribution < -0.4 is 0 Å². The molecule has 0 atom stereocenters. The van der Waals surface area contributed by atoms with E-state index in [2.05, 4.69) is 20.1 Å². The number of rotatable bonds is 4. The average Bonchev–Trinajstić information content (AvgIpc) is 3.53. The number of Topliss-reactive ketones (excluding diaryl/α,β-unsaturated/α-hetero) is 1. The van der Waals surface area contributed by atoms with E-state index >= 15 is 0 Å². The first-order chi connectivity index (χ1) is 15.6. The molecule has 3 aromatic heterocycles. The van der Waals surface area contributed by atoms with Gasteiger partial charge in [0.05, 0.1) is 16.8 Å². The Labute approximate surface area is 182 Å². The van der Waals surface area contributed by atoms with Gasteiger partial charge in [-0.15, -0.1) is 0 Å². The molecule has 32 heavy (non-hydrogen) atoms. The predicted octanol–water partition coefficient (Wildman–Crippen LogP) is 1.31. The number of fused-ring (bicyclic) bond motifs is 1. The Morgan fingerprint density at radius 1 is 0.938 bits per heavy atom. The van der Waals surface area contributed by atoms with Crippen molar-refractivity contribution in [3.63, 3.8) is 0 Å². The Hall–Kier alpha value is -4.34. The summed E-state index contributed by atoms with van der Waals surface area (Å²) in [7, 11) is 0. The van der Waals surface area contributed by atoms with Gasteiger partial charge in [-0.1, -0.05) is 18.2 Å². The van der Waals surface area contributed by atoms with Crippen LogP contribution in [0.2, 0.25) is 0 Å². The van der Waals surface area contributed by atoms with Gasteiger partial charge < -0.3 is 14.8 Å². The molecule has 10 heteroatoms. The average molecular weight is 429 g/mol. The lowest BCUT2D eigenvalue weighted by molar-refractivity contribution is -0.127. The second-order valence-electron chi connectivity index (χ2n) is 7.38. The zero-order chi connectivity index (χ0) is 22.1. The minimum atomic E-state index is -0.637. The lowest BCUT2D eigenvalue weighted by atomic mass is 10.1. The molecule has 0 unspecified atom stereocenters. The molecule has 1 N–H and O–H groups in total. The van der Waals surface area contributed by atoms with Crippen LogP contribution in [-0.4, -0.2) is 78.3 Å². The maximum absolute atomic E-state index is 13.0. The zero-order valence-corrected chi connectivity index (χ0v) is 17.0. The number of carbonyl (C=O) groups is 3. The standard InChI is InChI=1S/C22H19N7O3/c30-20(16-12-25-19-17(6-7-24-18(16)19)29-14-23-13-26-29)22(32)28-10-8-27(9-11-28)21(31)15-4-2-1-3-5-15/h1-7,12-14,25H,8-11H2. The SMILES string of the molecule is O=C(C(=O)N1CCN(C(=O)c2ccccc2)CC1)c1c[nH]c2c(-n3cncn3)ccnc12. The summed E-state index contributed by atoms with van der Waals surface area (Å²) >= 11 is 0. The minimum absolute atomic E-state index is 0.0782. The molecule has 2 amide bonds. The normalized spacial score (nSPS) is 14.0. The molecule has 4 heterocycles. The first-order valence-electron chi connectivity index (χ1n) is 10.1. The Kier molecular flexibility index (Phi) is 4.94. The van der Waals surface area contributed by atoms with Gasteiger partial charge in [0, 0.05) is 44.1 Å². The van der Waals surface area contributed by atoms with Crippen molar-refractivity contribution in [1.29, 1.82) is 0 Å². The molecular formula is C22H19N7O3. The Morgan fingerprint density at radius 2 is 1.69 bits per heavy atom.